The van der Waals surface area contributed by atoms with Gasteiger partial charge in [-0.1, -0.05) is 11.2 Å². The first-order valence-corrected chi connectivity index (χ1v) is 6.18. The molecule has 16 heavy (non-hydrogen) atoms. The van der Waals surface area contributed by atoms with Gasteiger partial charge in [-0.3, -0.25) is 0 Å². The van der Waals surface area contributed by atoms with E-state index in [0.717, 1.165) is 4.88 Å². The summed E-state index contributed by atoms with van der Waals surface area (Å²) in [6.45, 7) is 0. The van der Waals surface area contributed by atoms with E-state index < -0.39 is 0 Å². The summed E-state index contributed by atoms with van der Waals surface area (Å²) in [6.07, 6.45) is 0. The molecule has 80 valence electrons. The van der Waals surface area contributed by atoms with Gasteiger partial charge in [0.25, 0.3) is 5.89 Å². The number of thiophene rings is 1. The van der Waals surface area contributed by atoms with Gasteiger partial charge in [0, 0.05) is 5.38 Å². The Labute approximate surface area is 98.6 Å². The summed E-state index contributed by atoms with van der Waals surface area (Å²) in [4.78, 5) is 9.31. The number of hydrogen-bond donors (Lipinski definition) is 1. The van der Waals surface area contributed by atoms with Crippen LogP contribution in [-0.2, 0) is 0 Å². The number of anilines is 1. The van der Waals surface area contributed by atoms with Gasteiger partial charge < -0.3 is 10.3 Å². The van der Waals surface area contributed by atoms with Crippen LogP contribution >= 0.6 is 22.7 Å². The molecule has 0 atom stereocenters. The Balaban J connectivity index is 2.00. The standard InChI is InChI=1S/C9H6N4OS2/c10-9-11-5(4-16-9)8-12-7(13-14-8)6-2-1-3-15-6/h1-4H,(H2,10,11). The average molecular weight is 250 g/mol. The molecule has 0 aliphatic rings. The van der Waals surface area contributed by atoms with Gasteiger partial charge in [0.15, 0.2) is 5.13 Å². The SMILES string of the molecule is Nc1nc(-c2nc(-c3cccs3)no2)cs1. The van der Waals surface area contributed by atoms with E-state index in [1.807, 2.05) is 17.5 Å². The predicted molar refractivity (Wildman–Crippen MR) is 63.1 cm³/mol. The second kappa shape index (κ2) is 3.69. The third-order valence-electron chi connectivity index (χ3n) is 1.91. The summed E-state index contributed by atoms with van der Waals surface area (Å²) >= 11 is 2.91. The molecule has 0 bridgehead atoms. The van der Waals surface area contributed by atoms with E-state index in [2.05, 4.69) is 15.1 Å². The quantitative estimate of drug-likeness (QED) is 0.756. The van der Waals surface area contributed by atoms with Crippen molar-refractivity contribution in [2.75, 3.05) is 5.73 Å². The van der Waals surface area contributed by atoms with Crippen LogP contribution in [0.2, 0.25) is 0 Å². The summed E-state index contributed by atoms with van der Waals surface area (Å²) < 4.78 is 5.12. The second-order valence-corrected chi connectivity index (χ2v) is 4.81. The molecule has 0 fully saturated rings. The Kier molecular flexibility index (Phi) is 2.19. The van der Waals surface area contributed by atoms with Gasteiger partial charge in [-0.2, -0.15) is 4.98 Å². The van der Waals surface area contributed by atoms with Crippen molar-refractivity contribution in [2.45, 2.75) is 0 Å². The lowest BCUT2D eigenvalue weighted by Gasteiger charge is -1.83. The molecule has 0 aliphatic heterocycles. The molecular weight excluding hydrogens is 244 g/mol. The van der Waals surface area contributed by atoms with Crippen molar-refractivity contribution < 1.29 is 4.52 Å². The molecule has 0 unspecified atom stereocenters. The molecule has 3 aromatic heterocycles. The molecular formula is C9H6N4OS2. The fraction of sp³-hybridized carbons (Fsp3) is 0. The maximum atomic E-state index is 5.54. The zero-order chi connectivity index (χ0) is 11.0. The second-order valence-electron chi connectivity index (χ2n) is 2.97. The molecule has 5 nitrogen and oxygen atoms in total. The molecule has 0 saturated heterocycles. The first-order chi connectivity index (χ1) is 7.83. The molecule has 3 heterocycles. The van der Waals surface area contributed by atoms with E-state index in [1.54, 1.807) is 16.7 Å². The number of aromatic nitrogens is 3. The number of nitrogen functional groups attached to an aromatic ring is 1. The largest absolute Gasteiger partial charge is 0.375 e. The van der Waals surface area contributed by atoms with Crippen LogP contribution in [0, 0.1) is 0 Å². The van der Waals surface area contributed by atoms with Crippen molar-refractivity contribution in [1.82, 2.24) is 15.1 Å². The third kappa shape index (κ3) is 1.59. The maximum Gasteiger partial charge on any atom is 0.277 e. The minimum Gasteiger partial charge on any atom is -0.375 e. The maximum absolute atomic E-state index is 5.54. The summed E-state index contributed by atoms with van der Waals surface area (Å²) in [5.74, 6) is 0.980. The first-order valence-electron chi connectivity index (χ1n) is 4.42. The van der Waals surface area contributed by atoms with E-state index in [0.29, 0.717) is 22.5 Å². The summed E-state index contributed by atoms with van der Waals surface area (Å²) in [7, 11) is 0. The Morgan fingerprint density at radius 1 is 1.25 bits per heavy atom. The van der Waals surface area contributed by atoms with Crippen molar-refractivity contribution in [1.29, 1.82) is 0 Å². The number of nitrogens with two attached hydrogens (primary N) is 1. The van der Waals surface area contributed by atoms with Crippen LogP contribution in [0.4, 0.5) is 5.13 Å². The molecule has 0 aliphatic carbocycles. The highest BCUT2D eigenvalue weighted by molar-refractivity contribution is 7.14. The van der Waals surface area contributed by atoms with Crippen molar-refractivity contribution in [2.24, 2.45) is 0 Å². The number of hydrogen-bond acceptors (Lipinski definition) is 7. The van der Waals surface area contributed by atoms with Gasteiger partial charge in [-0.15, -0.1) is 22.7 Å². The lowest BCUT2D eigenvalue weighted by atomic mass is 10.4. The molecule has 3 aromatic rings. The zero-order valence-corrected chi connectivity index (χ0v) is 9.59. The van der Waals surface area contributed by atoms with Crippen LogP contribution in [0.5, 0.6) is 0 Å². The van der Waals surface area contributed by atoms with Crippen molar-refractivity contribution >= 4 is 27.8 Å². The van der Waals surface area contributed by atoms with Crippen LogP contribution in [-0.4, -0.2) is 15.1 Å². The van der Waals surface area contributed by atoms with E-state index >= 15 is 0 Å². The number of thiazole rings is 1. The minimum absolute atomic E-state index is 0.399. The molecule has 2 N–H and O–H groups in total. The third-order valence-corrected chi connectivity index (χ3v) is 3.45. The highest BCUT2D eigenvalue weighted by Crippen LogP contribution is 2.26. The first kappa shape index (κ1) is 9.49. The van der Waals surface area contributed by atoms with Crippen LogP contribution in [0.3, 0.4) is 0 Å². The molecule has 0 spiro atoms. The van der Waals surface area contributed by atoms with E-state index in [4.69, 9.17) is 10.3 Å². The van der Waals surface area contributed by atoms with E-state index in [1.165, 1.54) is 11.3 Å². The fourth-order valence-corrected chi connectivity index (χ4v) is 2.41. The predicted octanol–water partition coefficient (Wildman–Crippen LogP) is 2.50. The van der Waals surface area contributed by atoms with Gasteiger partial charge in [-0.25, -0.2) is 4.98 Å². The van der Waals surface area contributed by atoms with Crippen molar-refractivity contribution in [3.8, 4) is 22.3 Å². The lowest BCUT2D eigenvalue weighted by Crippen LogP contribution is -1.82. The van der Waals surface area contributed by atoms with Crippen LogP contribution in [0.15, 0.2) is 27.4 Å². The highest BCUT2D eigenvalue weighted by Gasteiger charge is 2.13. The van der Waals surface area contributed by atoms with Gasteiger partial charge in [-0.05, 0) is 11.4 Å². The number of rotatable bonds is 2. The minimum atomic E-state index is 0.399. The molecule has 3 rings (SSSR count). The zero-order valence-electron chi connectivity index (χ0n) is 7.95. The molecule has 0 radical (unpaired) electrons. The van der Waals surface area contributed by atoms with E-state index in [-0.39, 0.29) is 0 Å². The molecule has 7 heteroatoms. The lowest BCUT2D eigenvalue weighted by molar-refractivity contribution is 0.431. The van der Waals surface area contributed by atoms with Crippen LogP contribution in [0.1, 0.15) is 0 Å². The Morgan fingerprint density at radius 3 is 2.88 bits per heavy atom. The fourth-order valence-electron chi connectivity index (χ4n) is 1.22. The summed E-state index contributed by atoms with van der Waals surface area (Å²) in [6, 6.07) is 3.88. The number of nitrogens with zero attached hydrogens (tertiary/aromatic N) is 3. The van der Waals surface area contributed by atoms with Gasteiger partial charge in [0.2, 0.25) is 5.82 Å². The van der Waals surface area contributed by atoms with Crippen molar-refractivity contribution in [3.63, 3.8) is 0 Å². The molecule has 0 amide bonds. The smallest absolute Gasteiger partial charge is 0.277 e. The van der Waals surface area contributed by atoms with Gasteiger partial charge in [0.1, 0.15) is 5.69 Å². The molecule has 0 aromatic carbocycles. The average Bonchev–Trinajstić information content (AvgIpc) is 2.97. The van der Waals surface area contributed by atoms with Gasteiger partial charge >= 0.3 is 0 Å². The highest BCUT2D eigenvalue weighted by atomic mass is 32.1. The monoisotopic (exact) mass is 250 g/mol. The van der Waals surface area contributed by atoms with E-state index in [9.17, 15) is 0 Å². The summed E-state index contributed by atoms with van der Waals surface area (Å²) in [5.41, 5.74) is 6.16. The Morgan fingerprint density at radius 2 is 2.19 bits per heavy atom. The Bertz CT molecular complexity index is 599. The van der Waals surface area contributed by atoms with Crippen molar-refractivity contribution in [3.05, 3.63) is 22.9 Å². The Hall–Kier alpha value is -1.73. The van der Waals surface area contributed by atoms with Gasteiger partial charge in [0.05, 0.1) is 4.88 Å². The summed E-state index contributed by atoms with van der Waals surface area (Å²) in [5, 5.41) is 8.14. The van der Waals surface area contributed by atoms with Crippen LogP contribution < -0.4 is 5.73 Å². The normalized spacial score (nSPS) is 10.8. The topological polar surface area (TPSA) is 77.8 Å². The van der Waals surface area contributed by atoms with Crippen LogP contribution in [0.25, 0.3) is 22.3 Å². The molecule has 0 saturated carbocycles.